The van der Waals surface area contributed by atoms with Gasteiger partial charge in [-0.05, 0) is 32.3 Å². The minimum Gasteiger partial charge on any atom is -0.462 e. The summed E-state index contributed by atoms with van der Waals surface area (Å²) in [6.07, 6.45) is 6.82. The van der Waals surface area contributed by atoms with Crippen molar-refractivity contribution in [1.29, 1.82) is 0 Å². The first-order valence-corrected chi connectivity index (χ1v) is 9.78. The number of carbonyl (C=O) groups is 2. The number of hydrogen-bond donors (Lipinski definition) is 1. The Bertz CT molecular complexity index is 880. The molecule has 0 saturated heterocycles. The van der Waals surface area contributed by atoms with Crippen LogP contribution in [0.15, 0.2) is 11.1 Å². The summed E-state index contributed by atoms with van der Waals surface area (Å²) >= 11 is 1.14. The standard InChI is InChI=1S/C18H23N3O4S/c1-3-25-18(24)15-11(2)14-16(26-15)19-10-21(17(14)23)9-13(22)20-12-7-5-4-6-8-12/h10,12H,3-9H2,1-2H3,(H,20,22). The molecule has 140 valence electrons. The Balaban J connectivity index is 1.82. The van der Waals surface area contributed by atoms with E-state index in [1.165, 1.54) is 17.3 Å². The van der Waals surface area contributed by atoms with E-state index in [4.69, 9.17) is 4.74 Å². The van der Waals surface area contributed by atoms with Crippen molar-refractivity contribution in [3.05, 3.63) is 27.1 Å². The van der Waals surface area contributed by atoms with Gasteiger partial charge in [-0.15, -0.1) is 11.3 Å². The van der Waals surface area contributed by atoms with Crippen molar-refractivity contribution in [2.75, 3.05) is 6.61 Å². The minimum absolute atomic E-state index is 0.0672. The number of thiophene rings is 1. The molecule has 1 N–H and O–H groups in total. The van der Waals surface area contributed by atoms with Gasteiger partial charge in [-0.1, -0.05) is 19.3 Å². The molecule has 2 aromatic heterocycles. The smallest absolute Gasteiger partial charge is 0.348 e. The lowest BCUT2D eigenvalue weighted by molar-refractivity contribution is -0.122. The van der Waals surface area contributed by atoms with Crippen molar-refractivity contribution in [2.24, 2.45) is 0 Å². The number of aryl methyl sites for hydroxylation is 1. The first-order chi connectivity index (χ1) is 12.5. The number of carbonyl (C=O) groups excluding carboxylic acids is 2. The first kappa shape index (κ1) is 18.6. The van der Waals surface area contributed by atoms with Crippen molar-refractivity contribution < 1.29 is 14.3 Å². The summed E-state index contributed by atoms with van der Waals surface area (Å²) in [4.78, 5) is 42.2. The third-order valence-corrected chi connectivity index (χ3v) is 5.84. The van der Waals surface area contributed by atoms with Crippen molar-refractivity contribution in [3.8, 4) is 0 Å². The van der Waals surface area contributed by atoms with Crippen LogP contribution < -0.4 is 10.9 Å². The topological polar surface area (TPSA) is 90.3 Å². The zero-order valence-electron chi connectivity index (χ0n) is 15.0. The van der Waals surface area contributed by atoms with Gasteiger partial charge < -0.3 is 10.1 Å². The predicted molar refractivity (Wildman–Crippen MR) is 99.6 cm³/mol. The Kier molecular flexibility index (Phi) is 5.70. The van der Waals surface area contributed by atoms with Crippen molar-refractivity contribution in [1.82, 2.24) is 14.9 Å². The Morgan fingerprint density at radius 3 is 2.77 bits per heavy atom. The van der Waals surface area contributed by atoms with Crippen LogP contribution in [-0.2, 0) is 16.1 Å². The van der Waals surface area contributed by atoms with Crippen LogP contribution in [0.1, 0.15) is 54.3 Å². The van der Waals surface area contributed by atoms with Crippen LogP contribution in [0.4, 0.5) is 0 Å². The maximum absolute atomic E-state index is 12.8. The van der Waals surface area contributed by atoms with Gasteiger partial charge in [0.05, 0.1) is 18.3 Å². The summed E-state index contributed by atoms with van der Waals surface area (Å²) in [5.74, 6) is -0.632. The quantitative estimate of drug-likeness (QED) is 0.808. The second kappa shape index (κ2) is 7.99. The highest BCUT2D eigenvalue weighted by atomic mass is 32.1. The van der Waals surface area contributed by atoms with Gasteiger partial charge in [-0.3, -0.25) is 14.2 Å². The van der Waals surface area contributed by atoms with Crippen LogP contribution >= 0.6 is 11.3 Å². The van der Waals surface area contributed by atoms with Gasteiger partial charge in [0.25, 0.3) is 5.56 Å². The van der Waals surface area contributed by atoms with E-state index in [0.717, 1.165) is 37.0 Å². The molecule has 26 heavy (non-hydrogen) atoms. The summed E-state index contributed by atoms with van der Waals surface area (Å²) in [5, 5.41) is 3.38. The molecule has 0 spiro atoms. The predicted octanol–water partition coefficient (Wildman–Crippen LogP) is 2.39. The van der Waals surface area contributed by atoms with E-state index in [2.05, 4.69) is 10.3 Å². The van der Waals surface area contributed by atoms with Crippen LogP contribution in [0.3, 0.4) is 0 Å². The Labute approximate surface area is 155 Å². The van der Waals surface area contributed by atoms with Crippen molar-refractivity contribution in [3.63, 3.8) is 0 Å². The molecule has 3 rings (SSSR count). The molecule has 0 bridgehead atoms. The molecule has 0 aromatic carbocycles. The number of nitrogens with zero attached hydrogens (tertiary/aromatic N) is 2. The fourth-order valence-electron chi connectivity index (χ4n) is 3.34. The second-order valence-electron chi connectivity index (χ2n) is 6.54. The molecule has 2 heterocycles. The van der Waals surface area contributed by atoms with Gasteiger partial charge in [0.1, 0.15) is 16.3 Å². The first-order valence-electron chi connectivity index (χ1n) is 8.96. The average molecular weight is 377 g/mol. The molecule has 1 aliphatic rings. The zero-order valence-corrected chi connectivity index (χ0v) is 15.9. The number of esters is 1. The van der Waals surface area contributed by atoms with E-state index < -0.39 is 5.97 Å². The van der Waals surface area contributed by atoms with Crippen LogP contribution in [0, 0.1) is 6.92 Å². The van der Waals surface area contributed by atoms with Crippen molar-refractivity contribution in [2.45, 2.75) is 58.5 Å². The Morgan fingerprint density at radius 1 is 1.35 bits per heavy atom. The van der Waals surface area contributed by atoms with E-state index in [1.807, 2.05) is 0 Å². The molecule has 0 unspecified atom stereocenters. The second-order valence-corrected chi connectivity index (χ2v) is 7.54. The minimum atomic E-state index is -0.450. The van der Waals surface area contributed by atoms with Crippen LogP contribution in [-0.4, -0.2) is 34.1 Å². The van der Waals surface area contributed by atoms with Gasteiger partial charge in [0, 0.05) is 6.04 Å². The van der Waals surface area contributed by atoms with E-state index in [1.54, 1.807) is 13.8 Å². The summed E-state index contributed by atoms with van der Waals surface area (Å²) in [5.41, 5.74) is 0.251. The third kappa shape index (κ3) is 3.80. The van der Waals surface area contributed by atoms with E-state index in [-0.39, 0.29) is 30.7 Å². The number of aromatic nitrogens is 2. The van der Waals surface area contributed by atoms with Crippen LogP contribution in [0.2, 0.25) is 0 Å². The number of ether oxygens (including phenoxy) is 1. The maximum Gasteiger partial charge on any atom is 0.348 e. The van der Waals surface area contributed by atoms with Gasteiger partial charge in [0.2, 0.25) is 5.91 Å². The highest BCUT2D eigenvalue weighted by Gasteiger charge is 2.21. The fourth-order valence-corrected chi connectivity index (χ4v) is 4.37. The van der Waals surface area contributed by atoms with Gasteiger partial charge >= 0.3 is 5.97 Å². The number of amides is 1. The SMILES string of the molecule is CCOC(=O)c1sc2ncn(CC(=O)NC3CCCCC3)c(=O)c2c1C. The molecule has 1 aliphatic carbocycles. The highest BCUT2D eigenvalue weighted by Crippen LogP contribution is 2.27. The Morgan fingerprint density at radius 2 is 2.08 bits per heavy atom. The number of rotatable bonds is 5. The highest BCUT2D eigenvalue weighted by molar-refractivity contribution is 7.20. The Hall–Kier alpha value is -2.22. The summed E-state index contributed by atoms with van der Waals surface area (Å²) in [6, 6.07) is 0.196. The molecule has 0 atom stereocenters. The van der Waals surface area contributed by atoms with Gasteiger partial charge in [0.15, 0.2) is 0 Å². The lowest BCUT2D eigenvalue weighted by atomic mass is 9.95. The summed E-state index contributed by atoms with van der Waals surface area (Å²) in [6.45, 7) is 3.64. The zero-order chi connectivity index (χ0) is 18.7. The molecule has 1 saturated carbocycles. The summed E-state index contributed by atoms with van der Waals surface area (Å²) in [7, 11) is 0. The normalized spacial score (nSPS) is 15.2. The van der Waals surface area contributed by atoms with E-state index >= 15 is 0 Å². The number of fused-ring (bicyclic) bond motifs is 1. The largest absolute Gasteiger partial charge is 0.462 e. The van der Waals surface area contributed by atoms with Crippen LogP contribution in [0.5, 0.6) is 0 Å². The third-order valence-electron chi connectivity index (χ3n) is 4.66. The molecule has 0 aliphatic heterocycles. The van der Waals surface area contributed by atoms with Gasteiger partial charge in [-0.25, -0.2) is 9.78 Å². The molecule has 1 fully saturated rings. The van der Waals surface area contributed by atoms with E-state index in [9.17, 15) is 14.4 Å². The average Bonchev–Trinajstić information content (AvgIpc) is 2.96. The molecular weight excluding hydrogens is 354 g/mol. The van der Waals surface area contributed by atoms with Gasteiger partial charge in [-0.2, -0.15) is 0 Å². The molecule has 1 amide bonds. The maximum atomic E-state index is 12.8. The fraction of sp³-hybridized carbons (Fsp3) is 0.556. The lowest BCUT2D eigenvalue weighted by Crippen LogP contribution is -2.39. The van der Waals surface area contributed by atoms with Crippen LogP contribution in [0.25, 0.3) is 10.2 Å². The summed E-state index contributed by atoms with van der Waals surface area (Å²) < 4.78 is 6.33. The molecule has 0 radical (unpaired) electrons. The van der Waals surface area contributed by atoms with Crippen molar-refractivity contribution >= 4 is 33.4 Å². The van der Waals surface area contributed by atoms with E-state index in [0.29, 0.717) is 20.7 Å². The lowest BCUT2D eigenvalue weighted by Gasteiger charge is -2.22. The molecular formula is C18H23N3O4S. The molecule has 8 heteroatoms. The monoisotopic (exact) mass is 377 g/mol. The number of hydrogen-bond acceptors (Lipinski definition) is 6. The molecule has 7 nitrogen and oxygen atoms in total. The molecule has 2 aromatic rings. The number of nitrogens with one attached hydrogen (secondary N) is 1.